The lowest BCUT2D eigenvalue weighted by molar-refractivity contribution is 0.602. The van der Waals surface area contributed by atoms with Crippen LogP contribution in [-0.2, 0) is 23.0 Å². The van der Waals surface area contributed by atoms with Crippen LogP contribution in [0.5, 0.6) is 0 Å². The number of nitrogens with one attached hydrogen (secondary N) is 2. The van der Waals surface area contributed by atoms with Crippen LogP contribution in [0.3, 0.4) is 0 Å². The summed E-state index contributed by atoms with van der Waals surface area (Å²) in [5.74, 6) is 0. The molecule has 4 rings (SSSR count). The van der Waals surface area contributed by atoms with Gasteiger partial charge in [-0.15, -0.1) is 0 Å². The number of sulfonamides is 1. The lowest BCUT2D eigenvalue weighted by atomic mass is 10.1. The number of nitrogens with zero attached hydrogens (tertiary/aromatic N) is 2. The Balaban J connectivity index is 1.55. The molecular formula is C19H16Cl2N4O2S. The van der Waals surface area contributed by atoms with Crippen molar-refractivity contribution >= 4 is 49.8 Å². The van der Waals surface area contributed by atoms with Crippen molar-refractivity contribution in [1.29, 1.82) is 0 Å². The van der Waals surface area contributed by atoms with Gasteiger partial charge in [0.25, 0.3) is 10.0 Å². The van der Waals surface area contributed by atoms with Crippen LogP contribution >= 0.6 is 23.2 Å². The Morgan fingerprint density at radius 1 is 1.11 bits per heavy atom. The van der Waals surface area contributed by atoms with Crippen LogP contribution in [0.4, 0.5) is 5.69 Å². The van der Waals surface area contributed by atoms with E-state index < -0.39 is 10.0 Å². The first-order chi connectivity index (χ1) is 13.4. The fourth-order valence-electron chi connectivity index (χ4n) is 2.97. The van der Waals surface area contributed by atoms with Gasteiger partial charge in [0.1, 0.15) is 10.6 Å². The summed E-state index contributed by atoms with van der Waals surface area (Å²) in [6, 6.07) is 14.9. The zero-order valence-electron chi connectivity index (χ0n) is 14.6. The maximum atomic E-state index is 12.8. The Morgan fingerprint density at radius 3 is 2.68 bits per heavy atom. The second-order valence-electron chi connectivity index (χ2n) is 6.26. The van der Waals surface area contributed by atoms with Gasteiger partial charge in [0, 0.05) is 28.7 Å². The van der Waals surface area contributed by atoms with E-state index in [1.807, 2.05) is 30.3 Å². The lowest BCUT2D eigenvalue weighted by Gasteiger charge is -2.07. The third-order valence-corrected chi connectivity index (χ3v) is 6.41. The first-order valence-corrected chi connectivity index (χ1v) is 10.7. The Bertz CT molecular complexity index is 1230. The van der Waals surface area contributed by atoms with Crippen molar-refractivity contribution in [3.05, 3.63) is 76.7 Å². The zero-order valence-corrected chi connectivity index (χ0v) is 16.9. The minimum atomic E-state index is -3.85. The molecule has 2 aromatic carbocycles. The first-order valence-electron chi connectivity index (χ1n) is 8.49. The summed E-state index contributed by atoms with van der Waals surface area (Å²) in [6.45, 7) is 0.538. The predicted molar refractivity (Wildman–Crippen MR) is 112 cm³/mol. The molecule has 0 aliphatic heterocycles. The second-order valence-corrected chi connectivity index (χ2v) is 8.70. The molecule has 0 atom stereocenters. The van der Waals surface area contributed by atoms with Crippen LogP contribution in [0.15, 0.2) is 65.8 Å². The van der Waals surface area contributed by atoms with Crippen LogP contribution in [0.1, 0.15) is 5.56 Å². The molecule has 0 saturated carbocycles. The van der Waals surface area contributed by atoms with Crippen LogP contribution in [0.25, 0.3) is 10.9 Å². The third-order valence-electron chi connectivity index (χ3n) is 4.37. The first kappa shape index (κ1) is 18.9. The van der Waals surface area contributed by atoms with Gasteiger partial charge in [-0.25, -0.2) is 8.42 Å². The van der Waals surface area contributed by atoms with E-state index in [2.05, 4.69) is 14.8 Å². The van der Waals surface area contributed by atoms with Gasteiger partial charge in [0.2, 0.25) is 0 Å². The van der Waals surface area contributed by atoms with Gasteiger partial charge in [0.05, 0.1) is 6.20 Å². The number of aryl methyl sites for hydroxylation is 2. The number of aromatic amines is 1. The molecule has 6 nitrogen and oxygen atoms in total. The quantitative estimate of drug-likeness (QED) is 0.460. The molecule has 0 aliphatic carbocycles. The standard InChI is InChI=1S/C19H16Cl2N4O2S/c20-14-6-7-15-16(10-14)22-12-18(15)28(26,27)24-17-11-23-25(19(17)21)9-8-13-4-2-1-3-5-13/h1-7,10-12,22,24H,8-9H2. The summed E-state index contributed by atoms with van der Waals surface area (Å²) in [6.07, 6.45) is 3.57. The number of H-pyrrole nitrogens is 1. The molecule has 0 unspecified atom stereocenters. The highest BCUT2D eigenvalue weighted by Gasteiger charge is 2.22. The molecule has 144 valence electrons. The van der Waals surface area contributed by atoms with Gasteiger partial charge in [0.15, 0.2) is 5.15 Å². The smallest absolute Gasteiger partial charge is 0.264 e. The van der Waals surface area contributed by atoms with Crippen molar-refractivity contribution in [3.63, 3.8) is 0 Å². The number of benzene rings is 2. The average Bonchev–Trinajstić information content (AvgIpc) is 3.25. The summed E-state index contributed by atoms with van der Waals surface area (Å²) < 4.78 is 29.8. The van der Waals surface area contributed by atoms with Gasteiger partial charge >= 0.3 is 0 Å². The fraction of sp³-hybridized carbons (Fsp3) is 0.105. The van der Waals surface area contributed by atoms with Crippen LogP contribution < -0.4 is 4.72 Å². The molecule has 0 spiro atoms. The van der Waals surface area contributed by atoms with Gasteiger partial charge in [-0.1, -0.05) is 53.5 Å². The summed E-state index contributed by atoms with van der Waals surface area (Å²) in [5, 5.41) is 5.51. The van der Waals surface area contributed by atoms with E-state index in [1.165, 1.54) is 12.4 Å². The molecule has 0 fully saturated rings. The van der Waals surface area contributed by atoms with Gasteiger partial charge < -0.3 is 4.98 Å². The summed E-state index contributed by atoms with van der Waals surface area (Å²) in [4.78, 5) is 3.04. The molecule has 0 amide bonds. The molecule has 4 aromatic rings. The predicted octanol–water partition coefficient (Wildman–Crippen LogP) is 4.71. The second kappa shape index (κ2) is 7.50. The van der Waals surface area contributed by atoms with Gasteiger partial charge in [-0.05, 0) is 30.2 Å². The Kier molecular flexibility index (Phi) is 5.05. The largest absolute Gasteiger partial charge is 0.360 e. The number of hydrogen-bond acceptors (Lipinski definition) is 3. The zero-order chi connectivity index (χ0) is 19.7. The third kappa shape index (κ3) is 3.73. The normalized spacial score (nSPS) is 11.8. The Labute approximate surface area is 172 Å². The van der Waals surface area contributed by atoms with E-state index in [0.29, 0.717) is 22.5 Å². The number of fused-ring (bicyclic) bond motifs is 1. The maximum Gasteiger partial charge on any atom is 0.264 e. The van der Waals surface area contributed by atoms with Gasteiger partial charge in [-0.3, -0.25) is 9.40 Å². The minimum absolute atomic E-state index is 0.118. The molecule has 0 radical (unpaired) electrons. The molecule has 0 saturated heterocycles. The van der Waals surface area contributed by atoms with Crippen molar-refractivity contribution in [2.45, 2.75) is 17.9 Å². The molecule has 2 N–H and O–H groups in total. The molecule has 9 heteroatoms. The SMILES string of the molecule is O=S(=O)(Nc1cnn(CCc2ccccc2)c1Cl)c1c[nH]c2cc(Cl)ccc12. The summed E-state index contributed by atoms with van der Waals surface area (Å²) >= 11 is 12.3. The average molecular weight is 435 g/mol. The Hall–Kier alpha value is -2.48. The van der Waals surface area contributed by atoms with Crippen molar-refractivity contribution in [2.75, 3.05) is 4.72 Å². The summed E-state index contributed by atoms with van der Waals surface area (Å²) in [7, 11) is -3.85. The summed E-state index contributed by atoms with van der Waals surface area (Å²) in [5.41, 5.74) is 2.02. The lowest BCUT2D eigenvalue weighted by Crippen LogP contribution is -2.12. The highest BCUT2D eigenvalue weighted by Crippen LogP contribution is 2.29. The van der Waals surface area contributed by atoms with E-state index in [0.717, 1.165) is 12.0 Å². The minimum Gasteiger partial charge on any atom is -0.360 e. The molecular weight excluding hydrogens is 419 g/mol. The van der Waals surface area contributed by atoms with Gasteiger partial charge in [-0.2, -0.15) is 5.10 Å². The highest BCUT2D eigenvalue weighted by molar-refractivity contribution is 7.93. The van der Waals surface area contributed by atoms with E-state index in [4.69, 9.17) is 23.2 Å². The monoisotopic (exact) mass is 434 g/mol. The number of hydrogen-bond donors (Lipinski definition) is 2. The topological polar surface area (TPSA) is 79.8 Å². The van der Waals surface area contributed by atoms with E-state index in [-0.39, 0.29) is 15.7 Å². The fourth-order valence-corrected chi connectivity index (χ4v) is 4.65. The number of rotatable bonds is 6. The number of halogens is 2. The highest BCUT2D eigenvalue weighted by atomic mass is 35.5. The molecule has 0 bridgehead atoms. The van der Waals surface area contributed by atoms with Crippen LogP contribution in [0.2, 0.25) is 10.2 Å². The van der Waals surface area contributed by atoms with E-state index in [1.54, 1.807) is 22.9 Å². The maximum absolute atomic E-state index is 12.8. The van der Waals surface area contributed by atoms with Crippen molar-refractivity contribution in [3.8, 4) is 0 Å². The van der Waals surface area contributed by atoms with Crippen molar-refractivity contribution < 1.29 is 8.42 Å². The molecule has 28 heavy (non-hydrogen) atoms. The molecule has 2 aromatic heterocycles. The van der Waals surface area contributed by atoms with Crippen molar-refractivity contribution in [2.24, 2.45) is 0 Å². The molecule has 2 heterocycles. The Morgan fingerprint density at radius 2 is 1.89 bits per heavy atom. The van der Waals surface area contributed by atoms with Crippen molar-refractivity contribution in [1.82, 2.24) is 14.8 Å². The van der Waals surface area contributed by atoms with Crippen LogP contribution in [-0.4, -0.2) is 23.2 Å². The number of aromatic nitrogens is 3. The van der Waals surface area contributed by atoms with Crippen LogP contribution in [0, 0.1) is 0 Å². The van der Waals surface area contributed by atoms with E-state index >= 15 is 0 Å². The van der Waals surface area contributed by atoms with E-state index in [9.17, 15) is 8.42 Å². The number of anilines is 1. The molecule has 0 aliphatic rings.